The molecule has 1 atom stereocenters. The number of rotatable bonds is 7. The van der Waals surface area contributed by atoms with Crippen molar-refractivity contribution < 1.29 is 27.5 Å². The number of esters is 1. The number of nitrogens with one attached hydrogen (secondary N) is 1. The SMILES string of the molecule is CCN(CC)c1ccc(C(=O)OC(C)C(=O)Nc2ccc(F)c(F)c2F)cc1. The van der Waals surface area contributed by atoms with Crippen LogP contribution in [0, 0.1) is 17.5 Å². The standard InChI is InChI=1S/C20H21F3N2O3/c1-4-25(5-2)14-8-6-13(7-9-14)20(27)28-12(3)19(26)24-16-11-10-15(21)17(22)18(16)23/h6-12H,4-5H2,1-3H3,(H,24,26). The van der Waals surface area contributed by atoms with E-state index in [0.29, 0.717) is 6.07 Å². The first-order valence-corrected chi connectivity index (χ1v) is 8.78. The van der Waals surface area contributed by atoms with E-state index >= 15 is 0 Å². The van der Waals surface area contributed by atoms with E-state index < -0.39 is 41.1 Å². The molecule has 28 heavy (non-hydrogen) atoms. The summed E-state index contributed by atoms with van der Waals surface area (Å²) in [5.41, 5.74) is 0.645. The summed E-state index contributed by atoms with van der Waals surface area (Å²) in [5, 5.41) is 2.07. The minimum Gasteiger partial charge on any atom is -0.449 e. The van der Waals surface area contributed by atoms with Crippen LogP contribution in [-0.2, 0) is 9.53 Å². The van der Waals surface area contributed by atoms with Gasteiger partial charge in [0.15, 0.2) is 23.6 Å². The second-order valence-electron chi connectivity index (χ2n) is 5.98. The zero-order valence-corrected chi connectivity index (χ0v) is 15.8. The van der Waals surface area contributed by atoms with Crippen molar-refractivity contribution >= 4 is 23.3 Å². The van der Waals surface area contributed by atoms with Gasteiger partial charge in [-0.25, -0.2) is 18.0 Å². The Morgan fingerprint density at radius 3 is 2.18 bits per heavy atom. The molecular weight excluding hydrogens is 373 g/mol. The first-order valence-electron chi connectivity index (χ1n) is 8.78. The molecule has 0 fully saturated rings. The second kappa shape index (κ2) is 9.25. The van der Waals surface area contributed by atoms with Crippen LogP contribution in [0.2, 0.25) is 0 Å². The predicted octanol–water partition coefficient (Wildman–Crippen LogP) is 4.13. The summed E-state index contributed by atoms with van der Waals surface area (Å²) in [5.74, 6) is -6.21. The number of benzene rings is 2. The average Bonchev–Trinajstić information content (AvgIpc) is 2.69. The van der Waals surface area contributed by atoms with E-state index in [4.69, 9.17) is 4.74 Å². The molecule has 0 aliphatic carbocycles. The molecule has 0 aliphatic heterocycles. The lowest BCUT2D eigenvalue weighted by atomic mass is 10.2. The van der Waals surface area contributed by atoms with Gasteiger partial charge in [0.2, 0.25) is 0 Å². The molecule has 2 rings (SSSR count). The lowest BCUT2D eigenvalue weighted by Gasteiger charge is -2.21. The van der Waals surface area contributed by atoms with Gasteiger partial charge in [0, 0.05) is 18.8 Å². The number of ether oxygens (including phenoxy) is 1. The third kappa shape index (κ3) is 4.82. The molecule has 8 heteroatoms. The second-order valence-corrected chi connectivity index (χ2v) is 5.98. The Bertz CT molecular complexity index is 853. The predicted molar refractivity (Wildman–Crippen MR) is 99.8 cm³/mol. The number of amides is 1. The average molecular weight is 394 g/mol. The maximum atomic E-state index is 13.6. The van der Waals surface area contributed by atoms with Crippen LogP contribution in [0.4, 0.5) is 24.5 Å². The molecule has 150 valence electrons. The zero-order chi connectivity index (χ0) is 20.8. The fourth-order valence-electron chi connectivity index (χ4n) is 2.54. The van der Waals surface area contributed by atoms with Gasteiger partial charge in [-0.1, -0.05) is 0 Å². The minimum absolute atomic E-state index is 0.245. The number of carbonyl (C=O) groups excluding carboxylic acids is 2. The van der Waals surface area contributed by atoms with E-state index in [-0.39, 0.29) is 5.56 Å². The van der Waals surface area contributed by atoms with Gasteiger partial charge in [0.1, 0.15) is 0 Å². The third-order valence-electron chi connectivity index (χ3n) is 4.18. The molecule has 2 aromatic carbocycles. The van der Waals surface area contributed by atoms with Gasteiger partial charge >= 0.3 is 5.97 Å². The van der Waals surface area contributed by atoms with E-state index in [1.54, 1.807) is 24.3 Å². The molecule has 1 unspecified atom stereocenters. The molecule has 0 heterocycles. The first-order chi connectivity index (χ1) is 13.3. The van der Waals surface area contributed by atoms with Gasteiger partial charge in [-0.05, 0) is 57.2 Å². The molecule has 0 aliphatic rings. The van der Waals surface area contributed by atoms with E-state index in [1.165, 1.54) is 6.92 Å². The molecule has 0 saturated carbocycles. The van der Waals surface area contributed by atoms with Crippen molar-refractivity contribution in [3.63, 3.8) is 0 Å². The van der Waals surface area contributed by atoms with Gasteiger partial charge in [0.25, 0.3) is 5.91 Å². The van der Waals surface area contributed by atoms with E-state index in [2.05, 4.69) is 10.2 Å². The van der Waals surface area contributed by atoms with E-state index in [1.807, 2.05) is 13.8 Å². The summed E-state index contributed by atoms with van der Waals surface area (Å²) in [4.78, 5) is 26.4. The molecule has 5 nitrogen and oxygen atoms in total. The summed E-state index contributed by atoms with van der Waals surface area (Å²) >= 11 is 0. The van der Waals surface area contributed by atoms with Crippen molar-refractivity contribution in [2.24, 2.45) is 0 Å². The Hall–Kier alpha value is -3.03. The number of hydrogen-bond donors (Lipinski definition) is 1. The van der Waals surface area contributed by atoms with Crippen molar-refractivity contribution in [3.05, 3.63) is 59.4 Å². The molecule has 0 saturated heterocycles. The van der Waals surface area contributed by atoms with Crippen molar-refractivity contribution in [1.82, 2.24) is 0 Å². The summed E-state index contributed by atoms with van der Waals surface area (Å²) in [6.07, 6.45) is -1.28. The number of anilines is 2. The van der Waals surface area contributed by atoms with Crippen molar-refractivity contribution in [2.45, 2.75) is 26.9 Å². The normalized spacial score (nSPS) is 11.6. The highest BCUT2D eigenvalue weighted by atomic mass is 19.2. The summed E-state index contributed by atoms with van der Waals surface area (Å²) in [6, 6.07) is 8.26. The number of halogens is 3. The monoisotopic (exact) mass is 394 g/mol. The molecular formula is C20H21F3N2O3. The fraction of sp³-hybridized carbons (Fsp3) is 0.300. The highest BCUT2D eigenvalue weighted by Crippen LogP contribution is 2.20. The van der Waals surface area contributed by atoms with Crippen molar-refractivity contribution in [2.75, 3.05) is 23.3 Å². The largest absolute Gasteiger partial charge is 0.449 e. The number of carbonyl (C=O) groups is 2. The van der Waals surface area contributed by atoms with Crippen LogP contribution >= 0.6 is 0 Å². The van der Waals surface area contributed by atoms with E-state index in [9.17, 15) is 22.8 Å². The van der Waals surface area contributed by atoms with Crippen LogP contribution in [0.15, 0.2) is 36.4 Å². The van der Waals surface area contributed by atoms with Crippen LogP contribution < -0.4 is 10.2 Å². The molecule has 0 aromatic heterocycles. The van der Waals surface area contributed by atoms with Crippen LogP contribution in [0.25, 0.3) is 0 Å². The highest BCUT2D eigenvalue weighted by molar-refractivity contribution is 5.97. The zero-order valence-electron chi connectivity index (χ0n) is 15.8. The molecule has 0 spiro atoms. The number of hydrogen-bond acceptors (Lipinski definition) is 4. The lowest BCUT2D eigenvalue weighted by Crippen LogP contribution is -2.30. The third-order valence-corrected chi connectivity index (χ3v) is 4.18. The quantitative estimate of drug-likeness (QED) is 0.567. The molecule has 2 aromatic rings. The van der Waals surface area contributed by atoms with Crippen LogP contribution in [0.5, 0.6) is 0 Å². The van der Waals surface area contributed by atoms with Gasteiger partial charge in [0.05, 0.1) is 11.3 Å². The van der Waals surface area contributed by atoms with E-state index in [0.717, 1.165) is 24.8 Å². The molecule has 0 bridgehead atoms. The van der Waals surface area contributed by atoms with Gasteiger partial charge in [-0.15, -0.1) is 0 Å². The minimum atomic E-state index is -1.70. The molecule has 1 N–H and O–H groups in total. The van der Waals surface area contributed by atoms with Crippen LogP contribution in [0.3, 0.4) is 0 Å². The van der Waals surface area contributed by atoms with Crippen molar-refractivity contribution in [1.29, 1.82) is 0 Å². The smallest absolute Gasteiger partial charge is 0.338 e. The Labute approximate surface area is 161 Å². The Kier molecular flexibility index (Phi) is 7.03. The van der Waals surface area contributed by atoms with Crippen LogP contribution in [-0.4, -0.2) is 31.1 Å². The summed E-state index contributed by atoms with van der Waals surface area (Å²) in [6.45, 7) is 6.95. The summed E-state index contributed by atoms with van der Waals surface area (Å²) in [7, 11) is 0. The van der Waals surface area contributed by atoms with Crippen LogP contribution in [0.1, 0.15) is 31.1 Å². The van der Waals surface area contributed by atoms with Gasteiger partial charge in [-0.2, -0.15) is 0 Å². The highest BCUT2D eigenvalue weighted by Gasteiger charge is 2.22. The first kappa shape index (κ1) is 21.3. The summed E-state index contributed by atoms with van der Waals surface area (Å²) < 4.78 is 44.9. The Balaban J connectivity index is 2.01. The maximum Gasteiger partial charge on any atom is 0.338 e. The molecule has 1 amide bonds. The van der Waals surface area contributed by atoms with Crippen molar-refractivity contribution in [3.8, 4) is 0 Å². The Morgan fingerprint density at radius 1 is 1.00 bits per heavy atom. The number of nitrogens with zero attached hydrogens (tertiary/aromatic N) is 1. The maximum absolute atomic E-state index is 13.6. The lowest BCUT2D eigenvalue weighted by molar-refractivity contribution is -0.123. The fourth-order valence-corrected chi connectivity index (χ4v) is 2.54. The van der Waals surface area contributed by atoms with Gasteiger partial charge < -0.3 is 15.0 Å². The molecule has 0 radical (unpaired) electrons. The Morgan fingerprint density at radius 2 is 1.61 bits per heavy atom. The van der Waals surface area contributed by atoms with Gasteiger partial charge in [-0.3, -0.25) is 4.79 Å². The topological polar surface area (TPSA) is 58.6 Å².